The Kier molecular flexibility index (Phi) is 5.90. The lowest BCUT2D eigenvalue weighted by Gasteiger charge is -2.35. The first-order valence-corrected chi connectivity index (χ1v) is 10.1. The molecule has 0 radical (unpaired) electrons. The molecule has 158 valence electrons. The Morgan fingerprint density at radius 3 is 2.21 bits per heavy atom. The van der Waals surface area contributed by atoms with Crippen LogP contribution < -0.4 is 14.4 Å². The van der Waals surface area contributed by atoms with Crippen molar-refractivity contribution in [1.29, 1.82) is 0 Å². The molecule has 1 saturated heterocycles. The van der Waals surface area contributed by atoms with Gasteiger partial charge in [-0.3, -0.25) is 0 Å². The number of benzene rings is 1. The van der Waals surface area contributed by atoms with Gasteiger partial charge >= 0.3 is 6.18 Å². The van der Waals surface area contributed by atoms with Crippen LogP contribution in [0.15, 0.2) is 41.4 Å². The predicted octanol–water partition coefficient (Wildman–Crippen LogP) is 2.63. The van der Waals surface area contributed by atoms with Crippen LogP contribution in [0.1, 0.15) is 5.56 Å². The van der Waals surface area contributed by atoms with Crippen LogP contribution in [-0.4, -0.2) is 58.1 Å². The Balaban J connectivity index is 1.75. The Labute approximate surface area is 166 Å². The van der Waals surface area contributed by atoms with Crippen molar-refractivity contribution >= 4 is 15.8 Å². The zero-order valence-corrected chi connectivity index (χ0v) is 16.6. The van der Waals surface area contributed by atoms with Gasteiger partial charge in [-0.15, -0.1) is 0 Å². The van der Waals surface area contributed by atoms with Gasteiger partial charge in [-0.05, 0) is 24.3 Å². The zero-order chi connectivity index (χ0) is 21.2. The number of piperazine rings is 1. The maximum absolute atomic E-state index is 13.1. The van der Waals surface area contributed by atoms with Crippen LogP contribution in [0.25, 0.3) is 0 Å². The molecule has 0 aliphatic carbocycles. The van der Waals surface area contributed by atoms with E-state index in [-0.39, 0.29) is 23.7 Å². The van der Waals surface area contributed by atoms with Gasteiger partial charge in [-0.2, -0.15) is 17.5 Å². The van der Waals surface area contributed by atoms with Crippen molar-refractivity contribution in [3.8, 4) is 11.5 Å². The van der Waals surface area contributed by atoms with Crippen LogP contribution >= 0.6 is 0 Å². The summed E-state index contributed by atoms with van der Waals surface area (Å²) in [5.74, 6) is 0.962. The number of rotatable bonds is 5. The molecule has 3 rings (SSSR count). The number of ether oxygens (including phenoxy) is 2. The van der Waals surface area contributed by atoms with Crippen molar-refractivity contribution in [2.24, 2.45) is 0 Å². The van der Waals surface area contributed by atoms with Crippen LogP contribution in [0, 0.1) is 0 Å². The summed E-state index contributed by atoms with van der Waals surface area (Å²) in [5, 5.41) is 0. The number of alkyl halides is 3. The van der Waals surface area contributed by atoms with E-state index < -0.39 is 21.8 Å². The number of aromatic nitrogens is 1. The van der Waals surface area contributed by atoms with E-state index >= 15 is 0 Å². The summed E-state index contributed by atoms with van der Waals surface area (Å²) < 4.78 is 75.8. The highest BCUT2D eigenvalue weighted by molar-refractivity contribution is 7.89. The fourth-order valence-corrected chi connectivity index (χ4v) is 4.62. The second kappa shape index (κ2) is 8.07. The van der Waals surface area contributed by atoms with Crippen molar-refractivity contribution < 1.29 is 31.1 Å². The minimum absolute atomic E-state index is 0.000421. The highest BCUT2D eigenvalue weighted by atomic mass is 32.2. The quantitative estimate of drug-likeness (QED) is 0.725. The molecule has 1 aliphatic rings. The van der Waals surface area contributed by atoms with Crippen molar-refractivity contribution in [3.63, 3.8) is 0 Å². The summed E-state index contributed by atoms with van der Waals surface area (Å²) >= 11 is 0. The monoisotopic (exact) mass is 431 g/mol. The van der Waals surface area contributed by atoms with E-state index in [1.165, 1.54) is 36.7 Å². The van der Waals surface area contributed by atoms with E-state index in [0.717, 1.165) is 12.3 Å². The number of anilines is 1. The van der Waals surface area contributed by atoms with Crippen molar-refractivity contribution in [2.45, 2.75) is 11.1 Å². The zero-order valence-electron chi connectivity index (χ0n) is 15.8. The van der Waals surface area contributed by atoms with Crippen LogP contribution in [0.5, 0.6) is 11.5 Å². The topological polar surface area (TPSA) is 72.0 Å². The third-order valence-electron chi connectivity index (χ3n) is 4.63. The summed E-state index contributed by atoms with van der Waals surface area (Å²) in [5.41, 5.74) is -0.826. The number of pyridine rings is 1. The number of hydrogen-bond acceptors (Lipinski definition) is 6. The Bertz CT molecular complexity index is 957. The molecule has 2 heterocycles. The molecule has 11 heteroatoms. The normalized spacial score (nSPS) is 16.0. The molecule has 2 aromatic rings. The van der Waals surface area contributed by atoms with Gasteiger partial charge in [-0.25, -0.2) is 13.4 Å². The Morgan fingerprint density at radius 2 is 1.69 bits per heavy atom. The summed E-state index contributed by atoms with van der Waals surface area (Å²) in [7, 11) is -1.01. The van der Waals surface area contributed by atoms with Crippen molar-refractivity contribution in [2.75, 3.05) is 45.3 Å². The van der Waals surface area contributed by atoms with E-state index in [9.17, 15) is 21.6 Å². The lowest BCUT2D eigenvalue weighted by molar-refractivity contribution is -0.137. The van der Waals surface area contributed by atoms with Crippen molar-refractivity contribution in [3.05, 3.63) is 42.1 Å². The van der Waals surface area contributed by atoms with Crippen LogP contribution in [-0.2, 0) is 16.2 Å². The molecule has 1 aromatic carbocycles. The van der Waals surface area contributed by atoms with E-state index in [1.54, 1.807) is 11.0 Å². The SMILES string of the molecule is COc1ccc(OC)c(S(=O)(=O)N2CCN(c3ccc(C(F)(F)F)cn3)CC2)c1. The second-order valence-electron chi connectivity index (χ2n) is 6.31. The predicted molar refractivity (Wildman–Crippen MR) is 99.8 cm³/mol. The van der Waals surface area contributed by atoms with Crippen molar-refractivity contribution in [1.82, 2.24) is 9.29 Å². The van der Waals surface area contributed by atoms with E-state index in [2.05, 4.69) is 4.98 Å². The first kappa shape index (κ1) is 21.2. The molecule has 1 fully saturated rings. The largest absolute Gasteiger partial charge is 0.497 e. The fourth-order valence-electron chi connectivity index (χ4n) is 3.02. The van der Waals surface area contributed by atoms with E-state index in [4.69, 9.17) is 9.47 Å². The molecule has 0 amide bonds. The van der Waals surface area contributed by atoms with Gasteiger partial charge < -0.3 is 14.4 Å². The molecular weight excluding hydrogens is 411 g/mol. The highest BCUT2D eigenvalue weighted by Crippen LogP contribution is 2.32. The first-order valence-electron chi connectivity index (χ1n) is 8.67. The molecule has 0 spiro atoms. The fraction of sp³-hybridized carbons (Fsp3) is 0.389. The van der Waals surface area contributed by atoms with Gasteiger partial charge in [0.15, 0.2) is 0 Å². The van der Waals surface area contributed by atoms with Gasteiger partial charge in [0.1, 0.15) is 22.2 Å². The molecule has 29 heavy (non-hydrogen) atoms. The molecule has 0 atom stereocenters. The first-order chi connectivity index (χ1) is 13.7. The van der Waals surface area contributed by atoms with Gasteiger partial charge in [0.2, 0.25) is 10.0 Å². The Morgan fingerprint density at radius 1 is 1.00 bits per heavy atom. The molecule has 1 aliphatic heterocycles. The van der Waals surface area contributed by atoms with Gasteiger partial charge in [0, 0.05) is 38.4 Å². The molecular formula is C18H20F3N3O4S. The second-order valence-corrected chi connectivity index (χ2v) is 8.22. The standard InChI is InChI=1S/C18H20F3N3O4S/c1-27-14-4-5-15(28-2)16(11-14)29(25,26)24-9-7-23(8-10-24)17-6-3-13(12-22-17)18(19,20)21/h3-6,11-12H,7-10H2,1-2H3. The number of methoxy groups -OCH3 is 2. The molecule has 0 N–H and O–H groups in total. The average Bonchev–Trinajstić information content (AvgIpc) is 2.72. The molecule has 0 saturated carbocycles. The van der Waals surface area contributed by atoms with E-state index in [1.807, 2.05) is 0 Å². The molecule has 7 nitrogen and oxygen atoms in total. The number of halogens is 3. The number of hydrogen-bond donors (Lipinski definition) is 0. The van der Waals surface area contributed by atoms with Gasteiger partial charge in [0.05, 0.1) is 19.8 Å². The third kappa shape index (κ3) is 4.40. The van der Waals surface area contributed by atoms with Crippen LogP contribution in [0.3, 0.4) is 0 Å². The van der Waals surface area contributed by atoms with Crippen LogP contribution in [0.2, 0.25) is 0 Å². The lowest BCUT2D eigenvalue weighted by Crippen LogP contribution is -2.49. The minimum Gasteiger partial charge on any atom is -0.497 e. The third-order valence-corrected chi connectivity index (χ3v) is 6.55. The average molecular weight is 431 g/mol. The highest BCUT2D eigenvalue weighted by Gasteiger charge is 2.33. The summed E-state index contributed by atoms with van der Waals surface area (Å²) in [6.07, 6.45) is -3.67. The molecule has 0 unspecified atom stereocenters. The number of nitrogens with zero attached hydrogens (tertiary/aromatic N) is 3. The minimum atomic E-state index is -4.45. The van der Waals surface area contributed by atoms with Gasteiger partial charge in [-0.1, -0.05) is 0 Å². The summed E-state index contributed by atoms with van der Waals surface area (Å²) in [6, 6.07) is 6.78. The summed E-state index contributed by atoms with van der Waals surface area (Å²) in [6.45, 7) is 0.907. The van der Waals surface area contributed by atoms with Gasteiger partial charge in [0.25, 0.3) is 0 Å². The molecule has 0 bridgehead atoms. The van der Waals surface area contributed by atoms with Crippen LogP contribution in [0.4, 0.5) is 19.0 Å². The molecule has 1 aromatic heterocycles. The Hall–Kier alpha value is -2.53. The lowest BCUT2D eigenvalue weighted by atomic mass is 10.2. The maximum atomic E-state index is 13.1. The van der Waals surface area contributed by atoms with E-state index in [0.29, 0.717) is 24.7 Å². The smallest absolute Gasteiger partial charge is 0.417 e. The number of sulfonamides is 1. The maximum Gasteiger partial charge on any atom is 0.417 e. The summed E-state index contributed by atoms with van der Waals surface area (Å²) in [4.78, 5) is 5.61.